The summed E-state index contributed by atoms with van der Waals surface area (Å²) in [6.07, 6.45) is 8.41. The number of methoxy groups -OCH3 is 1. The van der Waals surface area contributed by atoms with E-state index in [1.54, 1.807) is 12.0 Å². The number of carbonyl (C=O) groups excluding carboxylic acids is 6. The summed E-state index contributed by atoms with van der Waals surface area (Å²) in [6.45, 7) is 9.63. The Bertz CT molecular complexity index is 1350. The van der Waals surface area contributed by atoms with Gasteiger partial charge in [0.15, 0.2) is 17.3 Å². The lowest BCUT2D eigenvalue weighted by atomic mass is 9.83. The van der Waals surface area contributed by atoms with Crippen LogP contribution in [0.3, 0.4) is 0 Å². The van der Waals surface area contributed by atoms with Crippen molar-refractivity contribution >= 4 is 34.9 Å². The van der Waals surface area contributed by atoms with Crippen LogP contribution in [0.25, 0.3) is 0 Å². The monoisotopic (exact) mass is 698 g/mol. The summed E-state index contributed by atoms with van der Waals surface area (Å²) in [5.41, 5.74) is 0.168. The highest BCUT2D eigenvalue weighted by Gasteiger charge is 2.54. The Morgan fingerprint density at radius 3 is 2.26 bits per heavy atom. The zero-order valence-corrected chi connectivity index (χ0v) is 29.9. The molecule has 2 saturated carbocycles. The van der Waals surface area contributed by atoms with Crippen molar-refractivity contribution in [3.8, 4) is 0 Å². The smallest absolute Gasteiger partial charge is 0.246 e. The summed E-state index contributed by atoms with van der Waals surface area (Å²) in [5.74, 6) is -4.27. The van der Waals surface area contributed by atoms with Crippen LogP contribution in [0.2, 0.25) is 0 Å². The minimum Gasteiger partial charge on any atom is -0.359 e. The number of carbonyl (C=O) groups is 6. The lowest BCUT2D eigenvalue weighted by molar-refractivity contribution is -0.145. The highest BCUT2D eigenvalue weighted by Crippen LogP contribution is 2.45. The highest BCUT2D eigenvalue weighted by atomic mass is 16.7. The van der Waals surface area contributed by atoms with Gasteiger partial charge in [-0.3, -0.25) is 33.8 Å². The standard InChI is InChI=1S/C37H54N4O8.CH4/c1-7-8-24(35(45)31(44)15-23-9-10-23)16-30(43)34-25-11-12-32(49-20-48-6)27(25)19-41(34)37(47)33(22(4)5)40-36(46)26(21(2)3)17-29(42)28-18-38-13-14-39-28;/h13-14,18,21-27,32-34H,7-12,15-17,19-20H2,1-6H3,(H,40,46);1H4/t24?,25-,26+,27-,32+,33-,34?;/m0./s1. The Hall–Kier alpha value is -3.38. The maximum Gasteiger partial charge on any atom is 0.246 e. The van der Waals surface area contributed by atoms with Gasteiger partial charge in [-0.2, -0.15) is 0 Å². The van der Waals surface area contributed by atoms with E-state index in [0.29, 0.717) is 25.7 Å². The van der Waals surface area contributed by atoms with Gasteiger partial charge >= 0.3 is 0 Å². The molecule has 2 heterocycles. The molecule has 1 N–H and O–H groups in total. The molecule has 0 aromatic carbocycles. The number of hydrogen-bond acceptors (Lipinski definition) is 10. The van der Waals surface area contributed by atoms with Gasteiger partial charge in [0.25, 0.3) is 0 Å². The molecule has 12 nitrogen and oxygen atoms in total. The first-order chi connectivity index (χ1) is 23.4. The van der Waals surface area contributed by atoms with Crippen LogP contribution < -0.4 is 5.32 Å². The second kappa shape index (κ2) is 18.7. The van der Waals surface area contributed by atoms with Gasteiger partial charge in [0.1, 0.15) is 18.5 Å². The number of nitrogens with one attached hydrogen (secondary N) is 1. The third-order valence-electron chi connectivity index (χ3n) is 10.5. The maximum absolute atomic E-state index is 14.5. The molecular weight excluding hydrogens is 640 g/mol. The Morgan fingerprint density at radius 1 is 0.960 bits per heavy atom. The Kier molecular flexibility index (Phi) is 15.4. The van der Waals surface area contributed by atoms with E-state index in [1.165, 1.54) is 18.6 Å². The fourth-order valence-electron chi connectivity index (χ4n) is 7.56. The van der Waals surface area contributed by atoms with Crippen molar-refractivity contribution in [3.63, 3.8) is 0 Å². The molecule has 7 atom stereocenters. The third kappa shape index (κ3) is 10.1. The van der Waals surface area contributed by atoms with Gasteiger partial charge in [-0.05, 0) is 55.8 Å². The molecule has 12 heteroatoms. The molecule has 1 saturated heterocycles. The van der Waals surface area contributed by atoms with E-state index in [9.17, 15) is 28.8 Å². The van der Waals surface area contributed by atoms with E-state index in [2.05, 4.69) is 15.3 Å². The number of likely N-dealkylation sites (tertiary alicyclic amines) is 1. The van der Waals surface area contributed by atoms with Crippen LogP contribution in [0.5, 0.6) is 0 Å². The fourth-order valence-corrected chi connectivity index (χ4v) is 7.56. The van der Waals surface area contributed by atoms with Gasteiger partial charge in [-0.15, -0.1) is 0 Å². The zero-order chi connectivity index (χ0) is 35.8. The van der Waals surface area contributed by atoms with Crippen molar-refractivity contribution in [3.05, 3.63) is 24.3 Å². The van der Waals surface area contributed by atoms with Gasteiger partial charge in [-0.25, -0.2) is 4.98 Å². The van der Waals surface area contributed by atoms with Crippen LogP contribution in [0, 0.1) is 41.4 Å². The van der Waals surface area contributed by atoms with Crippen LogP contribution >= 0.6 is 0 Å². The van der Waals surface area contributed by atoms with E-state index < -0.39 is 41.4 Å². The normalized spacial score (nSPS) is 23.2. The van der Waals surface area contributed by atoms with Crippen molar-refractivity contribution in [1.29, 1.82) is 0 Å². The summed E-state index contributed by atoms with van der Waals surface area (Å²) in [7, 11) is 1.54. The van der Waals surface area contributed by atoms with Gasteiger partial charge in [0.2, 0.25) is 17.6 Å². The summed E-state index contributed by atoms with van der Waals surface area (Å²) < 4.78 is 11.1. The zero-order valence-electron chi connectivity index (χ0n) is 29.9. The largest absolute Gasteiger partial charge is 0.359 e. The van der Waals surface area contributed by atoms with Crippen molar-refractivity contribution in [1.82, 2.24) is 20.2 Å². The van der Waals surface area contributed by atoms with E-state index in [-0.39, 0.29) is 98.9 Å². The first-order valence-corrected chi connectivity index (χ1v) is 18.0. The third-order valence-corrected chi connectivity index (χ3v) is 10.5. The Morgan fingerprint density at radius 2 is 1.68 bits per heavy atom. The van der Waals surface area contributed by atoms with Crippen LogP contribution in [-0.4, -0.2) is 88.5 Å². The predicted octanol–water partition coefficient (Wildman–Crippen LogP) is 4.64. The highest BCUT2D eigenvalue weighted by molar-refractivity contribution is 6.38. The van der Waals surface area contributed by atoms with E-state index in [1.807, 2.05) is 34.6 Å². The number of Topliss-reactive ketones (excluding diaryl/α,β-unsaturated/α-hetero) is 4. The number of aromatic nitrogens is 2. The Balaban J connectivity index is 0.00000676. The number of nitrogens with zero attached hydrogens (tertiary/aromatic N) is 3. The van der Waals surface area contributed by atoms with Crippen LogP contribution in [-0.2, 0) is 33.4 Å². The molecule has 1 aliphatic heterocycles. The molecule has 1 aromatic rings. The van der Waals surface area contributed by atoms with E-state index >= 15 is 0 Å². The van der Waals surface area contributed by atoms with Crippen LogP contribution in [0.1, 0.15) is 110 Å². The van der Waals surface area contributed by atoms with Gasteiger partial charge in [0, 0.05) is 63.1 Å². The summed E-state index contributed by atoms with van der Waals surface area (Å²) in [5, 5.41) is 2.94. The molecule has 278 valence electrons. The van der Waals surface area contributed by atoms with Gasteiger partial charge < -0.3 is 19.7 Å². The second-order valence-corrected chi connectivity index (χ2v) is 14.8. The predicted molar refractivity (Wildman–Crippen MR) is 187 cm³/mol. The molecule has 3 fully saturated rings. The van der Waals surface area contributed by atoms with Crippen LogP contribution in [0.15, 0.2) is 18.6 Å². The van der Waals surface area contributed by atoms with E-state index in [4.69, 9.17) is 9.47 Å². The SMILES string of the molecule is C.CCCC(CC(=O)C1[C@H]2CC[C@@H](OCOC)[C@H]2CN1C(=O)[C@@H](NC(=O)[C@H](CC(=O)c1cnccn1)C(C)C)C(C)C)C(=O)C(=O)CC1CC1. The molecule has 3 aliphatic rings. The van der Waals surface area contributed by atoms with Gasteiger partial charge in [0.05, 0.1) is 18.3 Å². The second-order valence-electron chi connectivity index (χ2n) is 14.8. The lowest BCUT2D eigenvalue weighted by Gasteiger charge is -2.33. The van der Waals surface area contributed by atoms with Crippen molar-refractivity contribution in [2.45, 2.75) is 118 Å². The molecule has 0 bridgehead atoms. The number of ether oxygens (including phenoxy) is 2. The average Bonchev–Trinajstić information content (AvgIpc) is 3.68. The minimum absolute atomic E-state index is 0. The minimum atomic E-state index is -0.957. The molecular formula is C38H58N4O8. The fraction of sp³-hybridized carbons (Fsp3) is 0.737. The van der Waals surface area contributed by atoms with Crippen molar-refractivity contribution < 1.29 is 38.2 Å². The van der Waals surface area contributed by atoms with Crippen LogP contribution in [0.4, 0.5) is 0 Å². The Labute approximate surface area is 297 Å². The molecule has 2 unspecified atom stereocenters. The number of fused-ring (bicyclic) bond motifs is 1. The topological polar surface area (TPSA) is 162 Å². The first kappa shape index (κ1) is 41.0. The van der Waals surface area contributed by atoms with Gasteiger partial charge in [-0.1, -0.05) is 48.5 Å². The van der Waals surface area contributed by atoms with Crippen molar-refractivity contribution in [2.75, 3.05) is 20.4 Å². The molecule has 2 aliphatic carbocycles. The number of hydrogen-bond donors (Lipinski definition) is 1. The van der Waals surface area contributed by atoms with Crippen molar-refractivity contribution in [2.24, 2.45) is 41.4 Å². The molecule has 4 rings (SSSR count). The summed E-state index contributed by atoms with van der Waals surface area (Å²) >= 11 is 0. The molecule has 1 aromatic heterocycles. The molecule has 2 amide bonds. The number of rotatable bonds is 20. The quantitative estimate of drug-likeness (QED) is 0.115. The number of amides is 2. The molecule has 0 radical (unpaired) electrons. The van der Waals surface area contributed by atoms with E-state index in [0.717, 1.165) is 12.8 Å². The molecule has 50 heavy (non-hydrogen) atoms. The lowest BCUT2D eigenvalue weighted by Crippen LogP contribution is -2.56. The molecule has 0 spiro atoms. The average molecular weight is 699 g/mol. The number of ketones is 4. The first-order valence-electron chi connectivity index (χ1n) is 18.0. The summed E-state index contributed by atoms with van der Waals surface area (Å²) in [6, 6.07) is -1.77. The summed E-state index contributed by atoms with van der Waals surface area (Å²) in [4.78, 5) is 91.2. The maximum atomic E-state index is 14.5.